The molecule has 1 heterocycles. The second kappa shape index (κ2) is 5.54. The van der Waals surface area contributed by atoms with Crippen molar-refractivity contribution < 1.29 is 4.39 Å². The van der Waals surface area contributed by atoms with Crippen LogP contribution in [0.4, 0.5) is 15.9 Å². The van der Waals surface area contributed by atoms with Crippen LogP contribution in [0.1, 0.15) is 26.6 Å². The Morgan fingerprint density at radius 2 is 1.80 bits per heavy atom. The van der Waals surface area contributed by atoms with E-state index >= 15 is 0 Å². The molecule has 0 unspecified atom stereocenters. The van der Waals surface area contributed by atoms with E-state index in [1.54, 1.807) is 0 Å². The number of hydrogen-bond acceptors (Lipinski definition) is 3. The molecule has 2 rings (SSSR count). The molecule has 2 aromatic rings. The van der Waals surface area contributed by atoms with E-state index in [-0.39, 0.29) is 11.1 Å². The monoisotopic (exact) mass is 313 g/mol. The van der Waals surface area contributed by atoms with Crippen LogP contribution in [-0.4, -0.2) is 9.97 Å². The third-order valence-corrected chi connectivity index (χ3v) is 2.99. The molecular formula is C14H14Cl2FN3. The van der Waals surface area contributed by atoms with Gasteiger partial charge in [0.25, 0.3) is 0 Å². The summed E-state index contributed by atoms with van der Waals surface area (Å²) in [5, 5.41) is 3.61. The van der Waals surface area contributed by atoms with Gasteiger partial charge in [-0.05, 0) is 18.2 Å². The third kappa shape index (κ3) is 3.58. The Kier molecular flexibility index (Phi) is 4.16. The predicted octanol–water partition coefficient (Wildman–Crippen LogP) is 4.96. The minimum absolute atomic E-state index is 0.243. The predicted molar refractivity (Wildman–Crippen MR) is 80.4 cm³/mol. The summed E-state index contributed by atoms with van der Waals surface area (Å²) in [6, 6.07) is 5.80. The van der Waals surface area contributed by atoms with Crippen LogP contribution in [-0.2, 0) is 5.41 Å². The highest BCUT2D eigenvalue weighted by Gasteiger charge is 2.19. The highest BCUT2D eigenvalue weighted by molar-refractivity contribution is 6.31. The zero-order valence-corrected chi connectivity index (χ0v) is 12.8. The van der Waals surface area contributed by atoms with Crippen LogP contribution in [0.15, 0.2) is 24.3 Å². The van der Waals surface area contributed by atoms with Crippen molar-refractivity contribution in [2.24, 2.45) is 0 Å². The van der Waals surface area contributed by atoms with Crippen LogP contribution in [0.25, 0.3) is 0 Å². The molecule has 3 nitrogen and oxygen atoms in total. The highest BCUT2D eigenvalue weighted by Crippen LogP contribution is 2.26. The molecule has 0 saturated carbocycles. The summed E-state index contributed by atoms with van der Waals surface area (Å²) >= 11 is 11.8. The molecule has 0 fully saturated rings. The number of rotatable bonds is 2. The maximum absolute atomic E-state index is 13.7. The lowest BCUT2D eigenvalue weighted by molar-refractivity contribution is 0.546. The molecule has 0 saturated heterocycles. The maximum Gasteiger partial charge on any atom is 0.146 e. The molecule has 0 aliphatic heterocycles. The van der Waals surface area contributed by atoms with E-state index in [1.165, 1.54) is 24.3 Å². The summed E-state index contributed by atoms with van der Waals surface area (Å²) in [6.45, 7) is 5.92. The summed E-state index contributed by atoms with van der Waals surface area (Å²) < 4.78 is 13.7. The van der Waals surface area contributed by atoms with Gasteiger partial charge >= 0.3 is 0 Å². The first-order valence-corrected chi connectivity index (χ1v) is 6.78. The Morgan fingerprint density at radius 1 is 1.10 bits per heavy atom. The molecular weight excluding hydrogens is 300 g/mol. The fourth-order valence-corrected chi connectivity index (χ4v) is 1.90. The number of anilines is 2. The second-order valence-electron chi connectivity index (χ2n) is 5.40. The van der Waals surface area contributed by atoms with Crippen molar-refractivity contribution in [3.05, 3.63) is 46.1 Å². The summed E-state index contributed by atoms with van der Waals surface area (Å²) in [5.41, 5.74) is -0.0130. The van der Waals surface area contributed by atoms with Crippen LogP contribution in [0.2, 0.25) is 10.2 Å². The Balaban J connectivity index is 2.39. The average molecular weight is 314 g/mol. The first-order chi connectivity index (χ1) is 9.25. The van der Waals surface area contributed by atoms with Crippen molar-refractivity contribution in [2.45, 2.75) is 26.2 Å². The van der Waals surface area contributed by atoms with Crippen molar-refractivity contribution in [3.63, 3.8) is 0 Å². The van der Waals surface area contributed by atoms with Gasteiger partial charge in [0.15, 0.2) is 0 Å². The van der Waals surface area contributed by atoms with E-state index < -0.39 is 5.82 Å². The lowest BCUT2D eigenvalue weighted by Crippen LogP contribution is -2.16. The second-order valence-corrected chi connectivity index (χ2v) is 6.22. The normalized spacial score (nSPS) is 11.5. The molecule has 0 aliphatic rings. The average Bonchev–Trinajstić information content (AvgIpc) is 2.32. The maximum atomic E-state index is 13.7. The van der Waals surface area contributed by atoms with Crippen molar-refractivity contribution in [1.82, 2.24) is 9.97 Å². The Hall–Kier alpha value is -1.39. The quantitative estimate of drug-likeness (QED) is 0.796. The van der Waals surface area contributed by atoms with E-state index in [9.17, 15) is 4.39 Å². The molecule has 20 heavy (non-hydrogen) atoms. The van der Waals surface area contributed by atoms with Crippen molar-refractivity contribution in [3.8, 4) is 0 Å². The number of nitrogens with one attached hydrogen (secondary N) is 1. The molecule has 106 valence electrons. The lowest BCUT2D eigenvalue weighted by Gasteiger charge is -2.18. The summed E-state index contributed by atoms with van der Waals surface area (Å²) in [4.78, 5) is 8.54. The van der Waals surface area contributed by atoms with Crippen molar-refractivity contribution in [1.29, 1.82) is 0 Å². The smallest absolute Gasteiger partial charge is 0.146 e. The molecule has 0 atom stereocenters. The minimum atomic E-state index is -0.415. The molecule has 0 aliphatic carbocycles. The van der Waals surface area contributed by atoms with E-state index in [4.69, 9.17) is 23.2 Å². The van der Waals surface area contributed by atoms with Gasteiger partial charge in [0.2, 0.25) is 0 Å². The van der Waals surface area contributed by atoms with E-state index in [1.807, 2.05) is 20.8 Å². The lowest BCUT2D eigenvalue weighted by atomic mass is 9.96. The van der Waals surface area contributed by atoms with Crippen molar-refractivity contribution in [2.75, 3.05) is 5.32 Å². The van der Waals surface area contributed by atoms with Gasteiger partial charge < -0.3 is 5.32 Å². The van der Waals surface area contributed by atoms with Gasteiger partial charge in [-0.3, -0.25) is 0 Å². The number of benzene rings is 1. The van der Waals surface area contributed by atoms with Crippen molar-refractivity contribution >= 4 is 34.7 Å². The van der Waals surface area contributed by atoms with Crippen LogP contribution >= 0.6 is 23.2 Å². The molecule has 0 amide bonds. The number of nitrogens with zero attached hydrogens (tertiary/aromatic N) is 2. The van der Waals surface area contributed by atoms with Gasteiger partial charge in [0.05, 0.1) is 5.69 Å². The van der Waals surface area contributed by atoms with Crippen LogP contribution in [0.3, 0.4) is 0 Å². The summed E-state index contributed by atoms with van der Waals surface area (Å²) in [6.07, 6.45) is 0. The molecule has 0 spiro atoms. The van der Waals surface area contributed by atoms with Crippen LogP contribution < -0.4 is 5.32 Å². The molecule has 0 radical (unpaired) electrons. The van der Waals surface area contributed by atoms with Crippen LogP contribution in [0, 0.1) is 5.82 Å². The first kappa shape index (κ1) is 15.0. The van der Waals surface area contributed by atoms with E-state index in [2.05, 4.69) is 15.3 Å². The molecule has 6 heteroatoms. The summed E-state index contributed by atoms with van der Waals surface area (Å²) in [5.74, 6) is 0.590. The van der Waals surface area contributed by atoms with E-state index in [0.717, 1.165) is 0 Å². The minimum Gasteiger partial charge on any atom is -0.338 e. The number of hydrogen-bond donors (Lipinski definition) is 1. The standard InChI is InChI=1S/C14H14Cl2FN3/c1-14(2,3)13-19-11(16)7-12(20-13)18-10-6-8(15)4-5-9(10)17/h4-7H,1-3H3,(H,18,19,20). The summed E-state index contributed by atoms with van der Waals surface area (Å²) in [7, 11) is 0. The van der Waals surface area contributed by atoms with Crippen LogP contribution in [0.5, 0.6) is 0 Å². The Bertz CT molecular complexity index is 639. The fourth-order valence-electron chi connectivity index (χ4n) is 1.55. The van der Waals surface area contributed by atoms with Gasteiger partial charge in [-0.2, -0.15) is 0 Å². The molecule has 1 aromatic heterocycles. The van der Waals surface area contributed by atoms with E-state index in [0.29, 0.717) is 21.8 Å². The third-order valence-electron chi connectivity index (χ3n) is 2.56. The zero-order chi connectivity index (χ0) is 14.9. The van der Waals surface area contributed by atoms with Gasteiger partial charge in [0.1, 0.15) is 22.6 Å². The number of aromatic nitrogens is 2. The fraction of sp³-hybridized carbons (Fsp3) is 0.286. The molecule has 1 aromatic carbocycles. The zero-order valence-electron chi connectivity index (χ0n) is 11.3. The number of halogens is 3. The van der Waals surface area contributed by atoms with Gasteiger partial charge in [-0.1, -0.05) is 44.0 Å². The molecule has 0 bridgehead atoms. The van der Waals surface area contributed by atoms with Gasteiger partial charge in [0, 0.05) is 16.5 Å². The Morgan fingerprint density at radius 3 is 2.45 bits per heavy atom. The Labute approximate surface area is 127 Å². The highest BCUT2D eigenvalue weighted by atomic mass is 35.5. The SMILES string of the molecule is CC(C)(C)c1nc(Cl)cc(Nc2cc(Cl)ccc2F)n1. The largest absolute Gasteiger partial charge is 0.338 e. The topological polar surface area (TPSA) is 37.8 Å². The van der Waals surface area contributed by atoms with Gasteiger partial charge in [-0.15, -0.1) is 0 Å². The molecule has 1 N–H and O–H groups in total. The first-order valence-electron chi connectivity index (χ1n) is 6.03. The van der Waals surface area contributed by atoms with Gasteiger partial charge in [-0.25, -0.2) is 14.4 Å².